The van der Waals surface area contributed by atoms with Crippen molar-refractivity contribution in [2.75, 3.05) is 7.11 Å². The van der Waals surface area contributed by atoms with Gasteiger partial charge in [-0.1, -0.05) is 29.8 Å². The number of methoxy groups -OCH3 is 1. The summed E-state index contributed by atoms with van der Waals surface area (Å²) in [5.41, 5.74) is 3.11. The molecule has 3 aromatic rings. The fraction of sp³-hybridized carbons (Fsp3) is 0.304. The van der Waals surface area contributed by atoms with E-state index in [4.69, 9.17) is 9.84 Å². The molecule has 0 aliphatic carbocycles. The SMILES string of the molecule is COc1ccc(-n2nc(C(C)(O)CCCC(=O)O)cc2-c2ccc(C)cc2)cc1. The van der Waals surface area contributed by atoms with Crippen LogP contribution in [0.25, 0.3) is 16.9 Å². The monoisotopic (exact) mass is 394 g/mol. The molecule has 1 atom stereocenters. The summed E-state index contributed by atoms with van der Waals surface area (Å²) >= 11 is 0. The van der Waals surface area contributed by atoms with Crippen LogP contribution in [-0.2, 0) is 10.4 Å². The molecule has 2 aromatic carbocycles. The molecule has 0 amide bonds. The Kier molecular flexibility index (Phi) is 6.03. The molecule has 1 heterocycles. The number of aryl methyl sites for hydroxylation is 1. The van der Waals surface area contributed by atoms with Gasteiger partial charge in [-0.3, -0.25) is 4.79 Å². The predicted molar refractivity (Wildman–Crippen MR) is 111 cm³/mol. The standard InChI is InChI=1S/C23H26N2O4/c1-16-6-8-17(9-7-16)20-15-21(23(2,28)14-4-5-22(26)27)24-25(20)18-10-12-19(29-3)13-11-18/h6-13,15,28H,4-5,14H2,1-3H3,(H,26,27). The molecule has 6 heteroatoms. The van der Waals surface area contributed by atoms with E-state index in [1.54, 1.807) is 18.7 Å². The van der Waals surface area contributed by atoms with Crippen molar-refractivity contribution in [1.82, 2.24) is 9.78 Å². The maximum atomic E-state index is 11.0. The van der Waals surface area contributed by atoms with Crippen LogP contribution in [0.2, 0.25) is 0 Å². The number of benzene rings is 2. The molecule has 0 saturated heterocycles. The number of aromatic nitrogens is 2. The maximum absolute atomic E-state index is 11.0. The Balaban J connectivity index is 2.02. The van der Waals surface area contributed by atoms with E-state index in [0.717, 1.165) is 28.3 Å². The zero-order chi connectivity index (χ0) is 21.0. The van der Waals surface area contributed by atoms with Crippen LogP contribution in [0.1, 0.15) is 37.4 Å². The number of carboxylic acid groups (broad SMARTS) is 1. The van der Waals surface area contributed by atoms with Crippen LogP contribution < -0.4 is 4.74 Å². The van der Waals surface area contributed by atoms with Crippen molar-refractivity contribution in [3.63, 3.8) is 0 Å². The van der Waals surface area contributed by atoms with E-state index < -0.39 is 11.6 Å². The van der Waals surface area contributed by atoms with Crippen molar-refractivity contribution in [1.29, 1.82) is 0 Å². The van der Waals surface area contributed by atoms with E-state index in [2.05, 4.69) is 5.10 Å². The van der Waals surface area contributed by atoms with Gasteiger partial charge in [0.25, 0.3) is 0 Å². The molecule has 0 saturated carbocycles. The largest absolute Gasteiger partial charge is 0.497 e. The van der Waals surface area contributed by atoms with Gasteiger partial charge in [-0.05, 0) is 57.0 Å². The van der Waals surface area contributed by atoms with Crippen molar-refractivity contribution in [3.8, 4) is 22.7 Å². The first-order valence-electron chi connectivity index (χ1n) is 9.56. The van der Waals surface area contributed by atoms with Gasteiger partial charge in [-0.25, -0.2) is 4.68 Å². The summed E-state index contributed by atoms with van der Waals surface area (Å²) < 4.78 is 7.04. The molecule has 0 aliphatic heterocycles. The number of hydrogen-bond donors (Lipinski definition) is 2. The van der Waals surface area contributed by atoms with Gasteiger partial charge in [0.2, 0.25) is 0 Å². The highest BCUT2D eigenvalue weighted by Crippen LogP contribution is 2.32. The fourth-order valence-corrected chi connectivity index (χ4v) is 3.21. The summed E-state index contributed by atoms with van der Waals surface area (Å²) in [6.07, 6.45) is 0.698. The smallest absolute Gasteiger partial charge is 0.303 e. The van der Waals surface area contributed by atoms with Crippen molar-refractivity contribution in [2.45, 2.75) is 38.7 Å². The lowest BCUT2D eigenvalue weighted by atomic mass is 9.94. The van der Waals surface area contributed by atoms with Gasteiger partial charge in [0, 0.05) is 12.0 Å². The number of hydrogen-bond acceptors (Lipinski definition) is 4. The molecule has 0 aliphatic rings. The average molecular weight is 394 g/mol. The molecule has 0 radical (unpaired) electrons. The molecule has 6 nitrogen and oxygen atoms in total. The Morgan fingerprint density at radius 3 is 2.38 bits per heavy atom. The Bertz CT molecular complexity index is 973. The molecule has 1 aromatic heterocycles. The van der Waals surface area contributed by atoms with E-state index in [9.17, 15) is 9.90 Å². The van der Waals surface area contributed by atoms with Gasteiger partial charge in [-0.2, -0.15) is 5.10 Å². The van der Waals surface area contributed by atoms with Crippen molar-refractivity contribution in [2.24, 2.45) is 0 Å². The molecule has 0 spiro atoms. The highest BCUT2D eigenvalue weighted by Gasteiger charge is 2.28. The number of rotatable bonds is 8. The lowest BCUT2D eigenvalue weighted by Gasteiger charge is -2.20. The topological polar surface area (TPSA) is 84.6 Å². The fourth-order valence-electron chi connectivity index (χ4n) is 3.21. The van der Waals surface area contributed by atoms with Crippen LogP contribution >= 0.6 is 0 Å². The second-order valence-corrected chi connectivity index (χ2v) is 7.41. The highest BCUT2D eigenvalue weighted by atomic mass is 16.5. The summed E-state index contributed by atoms with van der Waals surface area (Å²) in [5, 5.41) is 24.5. The van der Waals surface area contributed by atoms with Gasteiger partial charge in [-0.15, -0.1) is 0 Å². The van der Waals surface area contributed by atoms with Crippen LogP contribution in [0.3, 0.4) is 0 Å². The number of nitrogens with zero attached hydrogens (tertiary/aromatic N) is 2. The molecular weight excluding hydrogens is 368 g/mol. The second kappa shape index (κ2) is 8.49. The number of carbonyl (C=O) groups is 1. The van der Waals surface area contributed by atoms with Gasteiger partial charge in [0.15, 0.2) is 0 Å². The average Bonchev–Trinajstić information content (AvgIpc) is 3.14. The van der Waals surface area contributed by atoms with Crippen molar-refractivity contribution < 1.29 is 19.7 Å². The molecule has 0 bridgehead atoms. The minimum absolute atomic E-state index is 0.0140. The highest BCUT2D eigenvalue weighted by molar-refractivity contribution is 5.66. The summed E-state index contributed by atoms with van der Waals surface area (Å²) in [6.45, 7) is 3.71. The second-order valence-electron chi connectivity index (χ2n) is 7.41. The van der Waals surface area contributed by atoms with E-state index >= 15 is 0 Å². The minimum atomic E-state index is -1.23. The molecular formula is C23H26N2O4. The lowest BCUT2D eigenvalue weighted by molar-refractivity contribution is -0.137. The maximum Gasteiger partial charge on any atom is 0.303 e. The quantitative estimate of drug-likeness (QED) is 0.594. The van der Waals surface area contributed by atoms with Crippen molar-refractivity contribution in [3.05, 3.63) is 65.9 Å². The number of aliphatic carboxylic acids is 1. The first kappa shape index (κ1) is 20.6. The molecule has 3 rings (SSSR count). The Labute approximate surface area is 170 Å². The third-order valence-corrected chi connectivity index (χ3v) is 4.98. The number of carboxylic acids is 1. The molecule has 2 N–H and O–H groups in total. The van der Waals surface area contributed by atoms with Gasteiger partial charge in [0.1, 0.15) is 11.4 Å². The predicted octanol–water partition coefficient (Wildman–Crippen LogP) is 4.32. The number of ether oxygens (including phenoxy) is 1. The van der Waals surface area contributed by atoms with Crippen LogP contribution in [0, 0.1) is 6.92 Å². The van der Waals surface area contributed by atoms with Crippen LogP contribution in [0.15, 0.2) is 54.6 Å². The molecule has 0 fully saturated rings. The third-order valence-electron chi connectivity index (χ3n) is 4.98. The number of aliphatic hydroxyl groups is 1. The molecule has 1 unspecified atom stereocenters. The minimum Gasteiger partial charge on any atom is -0.497 e. The molecule has 29 heavy (non-hydrogen) atoms. The first-order chi connectivity index (χ1) is 13.8. The summed E-state index contributed by atoms with van der Waals surface area (Å²) in [5.74, 6) is -0.122. The van der Waals surface area contributed by atoms with Crippen molar-refractivity contribution >= 4 is 5.97 Å². The summed E-state index contributed by atoms with van der Waals surface area (Å²) in [4.78, 5) is 10.8. The van der Waals surface area contributed by atoms with Crippen LogP contribution in [0.5, 0.6) is 5.75 Å². The van der Waals surface area contributed by atoms with E-state index in [0.29, 0.717) is 18.5 Å². The lowest BCUT2D eigenvalue weighted by Crippen LogP contribution is -2.22. The Hall–Kier alpha value is -3.12. The zero-order valence-corrected chi connectivity index (χ0v) is 16.9. The van der Waals surface area contributed by atoms with Gasteiger partial charge >= 0.3 is 5.97 Å². The van der Waals surface area contributed by atoms with E-state index in [1.165, 1.54) is 0 Å². The summed E-state index contributed by atoms with van der Waals surface area (Å²) in [6, 6.07) is 17.5. The Morgan fingerprint density at radius 1 is 1.14 bits per heavy atom. The van der Waals surface area contributed by atoms with Gasteiger partial charge < -0.3 is 14.9 Å². The van der Waals surface area contributed by atoms with Gasteiger partial charge in [0.05, 0.1) is 24.2 Å². The van der Waals surface area contributed by atoms with E-state index in [-0.39, 0.29) is 6.42 Å². The van der Waals surface area contributed by atoms with Crippen LogP contribution in [0.4, 0.5) is 0 Å². The zero-order valence-electron chi connectivity index (χ0n) is 16.9. The van der Waals surface area contributed by atoms with E-state index in [1.807, 2.05) is 61.5 Å². The third kappa shape index (κ3) is 4.84. The summed E-state index contributed by atoms with van der Waals surface area (Å²) in [7, 11) is 1.62. The Morgan fingerprint density at radius 2 is 1.79 bits per heavy atom. The molecule has 152 valence electrons. The van der Waals surface area contributed by atoms with Crippen LogP contribution in [-0.4, -0.2) is 33.1 Å². The normalized spacial score (nSPS) is 13.1. The first-order valence-corrected chi connectivity index (χ1v) is 9.56.